The van der Waals surface area contributed by atoms with Gasteiger partial charge < -0.3 is 0 Å². The molecule has 10 aromatic rings. The normalized spacial score (nSPS) is 13.0. The quantitative estimate of drug-likeness (QED) is 0.158. The Kier molecular flexibility index (Phi) is 8.72. The van der Waals surface area contributed by atoms with Crippen molar-refractivity contribution in [2.45, 2.75) is 0 Å². The summed E-state index contributed by atoms with van der Waals surface area (Å²) in [4.78, 5) is 15.8. The minimum Gasteiger partial charge on any atom is -0.299 e. The summed E-state index contributed by atoms with van der Waals surface area (Å²) in [7, 11) is 0. The fraction of sp³-hybridized carbons (Fsp3) is 0. The van der Waals surface area contributed by atoms with Crippen LogP contribution in [-0.2, 0) is 0 Å². The van der Waals surface area contributed by atoms with Gasteiger partial charge in [0.2, 0.25) is 0 Å². The Bertz CT molecular complexity index is 3300. The number of nitrogens with one attached hydrogen (secondary N) is 2. The number of hydrazone groups is 1. The van der Waals surface area contributed by atoms with Crippen molar-refractivity contribution >= 4 is 65.5 Å². The van der Waals surface area contributed by atoms with Crippen molar-refractivity contribution < 1.29 is 0 Å². The Labute approximate surface area is 350 Å². The molecule has 0 radical (unpaired) electrons. The lowest BCUT2D eigenvalue weighted by molar-refractivity contribution is 1.08. The fourth-order valence-electron chi connectivity index (χ4n) is 7.99. The highest BCUT2D eigenvalue weighted by Crippen LogP contribution is 2.38. The predicted molar refractivity (Wildman–Crippen MR) is 251 cm³/mol. The maximum Gasteiger partial charge on any atom is 0.164 e. The van der Waals surface area contributed by atoms with Crippen LogP contribution in [0.4, 0.5) is 5.69 Å². The van der Waals surface area contributed by atoms with Gasteiger partial charge in [-0.1, -0.05) is 127 Å². The number of thiophene rings is 1. The number of nitrogens with zero attached hydrogens (tertiary/aromatic N) is 4. The van der Waals surface area contributed by atoms with Gasteiger partial charge in [-0.05, 0) is 105 Å². The SMILES string of the molecule is N=C1C=Cc2ccc3ccc(-c4nc(-c5cc(-c6ccccc6)cc(-c6ccccc6)c5)nc(-c5ccc6sc7ccccc7c6c5)n4)cc3c2/C1=N/Nc1ccccc1. The molecule has 2 N–H and O–H groups in total. The van der Waals surface area contributed by atoms with Gasteiger partial charge in [0.05, 0.1) is 11.4 Å². The number of allylic oxidation sites excluding steroid dienone is 1. The molecule has 11 rings (SSSR count). The first-order valence-corrected chi connectivity index (χ1v) is 20.6. The second-order valence-electron chi connectivity index (χ2n) is 14.8. The number of benzene rings is 8. The van der Waals surface area contributed by atoms with Gasteiger partial charge in [0.1, 0.15) is 5.71 Å². The Morgan fingerprint density at radius 3 is 1.68 bits per heavy atom. The summed E-state index contributed by atoms with van der Waals surface area (Å²) < 4.78 is 2.47. The van der Waals surface area contributed by atoms with E-state index in [9.17, 15) is 0 Å². The Hall–Kier alpha value is -7.87. The van der Waals surface area contributed by atoms with Crippen LogP contribution in [-0.4, -0.2) is 26.4 Å². The molecule has 60 heavy (non-hydrogen) atoms. The molecule has 7 heteroatoms. The zero-order valence-corrected chi connectivity index (χ0v) is 33.0. The summed E-state index contributed by atoms with van der Waals surface area (Å²) in [5.74, 6) is 1.72. The first-order chi connectivity index (χ1) is 29.6. The van der Waals surface area contributed by atoms with Crippen molar-refractivity contribution in [2.24, 2.45) is 5.10 Å². The van der Waals surface area contributed by atoms with E-state index in [-0.39, 0.29) is 0 Å². The molecule has 0 atom stereocenters. The lowest BCUT2D eigenvalue weighted by atomic mass is 9.88. The van der Waals surface area contributed by atoms with Crippen LogP contribution in [0.2, 0.25) is 0 Å². The van der Waals surface area contributed by atoms with Crippen LogP contribution in [0.1, 0.15) is 11.1 Å². The molecular weight excluding hydrogens is 753 g/mol. The average Bonchev–Trinajstić information content (AvgIpc) is 3.69. The minimum absolute atomic E-state index is 0.331. The van der Waals surface area contributed by atoms with Crippen molar-refractivity contribution in [3.8, 4) is 56.4 Å². The molecule has 0 amide bonds. The largest absolute Gasteiger partial charge is 0.299 e. The van der Waals surface area contributed by atoms with Gasteiger partial charge in [-0.25, -0.2) is 15.0 Å². The van der Waals surface area contributed by atoms with E-state index in [1.54, 1.807) is 17.4 Å². The van der Waals surface area contributed by atoms with Crippen molar-refractivity contribution in [3.63, 3.8) is 0 Å². The van der Waals surface area contributed by atoms with Gasteiger partial charge >= 0.3 is 0 Å². The van der Waals surface area contributed by atoms with Crippen LogP contribution in [0.15, 0.2) is 193 Å². The minimum atomic E-state index is 0.331. The van der Waals surface area contributed by atoms with Gasteiger partial charge in [0, 0.05) is 42.4 Å². The van der Waals surface area contributed by atoms with Gasteiger partial charge in [-0.15, -0.1) is 11.3 Å². The Morgan fingerprint density at radius 1 is 0.433 bits per heavy atom. The van der Waals surface area contributed by atoms with Crippen LogP contribution in [0.25, 0.3) is 93.4 Å². The summed E-state index contributed by atoms with van der Waals surface area (Å²) >= 11 is 1.79. The molecule has 6 nitrogen and oxygen atoms in total. The van der Waals surface area contributed by atoms with E-state index in [0.29, 0.717) is 28.9 Å². The molecule has 1 aliphatic rings. The van der Waals surface area contributed by atoms with E-state index < -0.39 is 0 Å². The number of aromatic nitrogens is 3. The number of rotatable bonds is 7. The van der Waals surface area contributed by atoms with E-state index in [2.05, 4.69) is 145 Å². The van der Waals surface area contributed by atoms with Crippen LogP contribution >= 0.6 is 11.3 Å². The number of fused-ring (bicyclic) bond motifs is 6. The van der Waals surface area contributed by atoms with Crippen LogP contribution < -0.4 is 5.43 Å². The Morgan fingerprint density at radius 2 is 0.983 bits per heavy atom. The highest BCUT2D eigenvalue weighted by Gasteiger charge is 2.22. The second kappa shape index (κ2) is 14.8. The molecule has 1 aliphatic carbocycles. The standard InChI is InChI=1S/C53H34N6S/c54-46-26-24-36-22-20-35-21-23-37(31-44(35)49(36)50(46)59-58-42-16-8-3-9-17-42)51-55-52(38-25-27-48-45(32-38)43-18-10-11-19-47(43)60-48)57-53(56-51)41-29-39(33-12-4-1-5-13-33)28-40(30-41)34-14-6-2-7-15-34/h1-32,54,58H/b54-46?,59-50+. The molecule has 2 aromatic heterocycles. The lowest BCUT2D eigenvalue weighted by Gasteiger charge is -2.18. The molecule has 0 bridgehead atoms. The highest BCUT2D eigenvalue weighted by atomic mass is 32.1. The molecule has 0 saturated carbocycles. The molecular formula is C53H34N6S. The highest BCUT2D eigenvalue weighted by molar-refractivity contribution is 7.25. The first kappa shape index (κ1) is 35.3. The number of hydrogen-bond acceptors (Lipinski definition) is 7. The number of para-hydroxylation sites is 1. The molecule has 0 spiro atoms. The van der Waals surface area contributed by atoms with Crippen LogP contribution in [0, 0.1) is 5.41 Å². The smallest absolute Gasteiger partial charge is 0.164 e. The maximum atomic E-state index is 8.95. The van der Waals surface area contributed by atoms with Gasteiger partial charge in [-0.2, -0.15) is 5.10 Å². The molecule has 0 unspecified atom stereocenters. The topological polar surface area (TPSA) is 86.9 Å². The van der Waals surface area contributed by atoms with Crippen molar-refractivity contribution in [2.75, 3.05) is 5.43 Å². The molecule has 0 aliphatic heterocycles. The van der Waals surface area contributed by atoms with Crippen molar-refractivity contribution in [1.82, 2.24) is 15.0 Å². The molecule has 8 aromatic carbocycles. The first-order valence-electron chi connectivity index (χ1n) is 19.8. The third-order valence-electron chi connectivity index (χ3n) is 11.0. The average molecular weight is 787 g/mol. The zero-order chi connectivity index (χ0) is 40.0. The summed E-state index contributed by atoms with van der Waals surface area (Å²) in [6, 6.07) is 62.8. The van der Waals surface area contributed by atoms with Gasteiger partial charge in [0.25, 0.3) is 0 Å². The summed E-state index contributed by atoms with van der Waals surface area (Å²) in [5, 5.41) is 18.1. The van der Waals surface area contributed by atoms with Crippen LogP contribution in [0.5, 0.6) is 0 Å². The van der Waals surface area contributed by atoms with Gasteiger partial charge in [0.15, 0.2) is 17.5 Å². The van der Waals surface area contributed by atoms with Crippen molar-refractivity contribution in [3.05, 3.63) is 199 Å². The second-order valence-corrected chi connectivity index (χ2v) is 15.9. The summed E-state index contributed by atoms with van der Waals surface area (Å²) in [6.45, 7) is 0. The van der Waals surface area contributed by atoms with E-state index in [4.69, 9.17) is 25.5 Å². The van der Waals surface area contributed by atoms with Gasteiger partial charge in [-0.3, -0.25) is 10.8 Å². The van der Waals surface area contributed by atoms with E-state index in [0.717, 1.165) is 66.5 Å². The molecule has 2 heterocycles. The molecule has 0 saturated heterocycles. The zero-order valence-electron chi connectivity index (χ0n) is 32.2. The molecule has 282 valence electrons. The number of anilines is 1. The predicted octanol–water partition coefficient (Wildman–Crippen LogP) is 13.6. The van der Waals surface area contributed by atoms with E-state index in [1.807, 2.05) is 48.5 Å². The fourth-order valence-corrected chi connectivity index (χ4v) is 9.08. The van der Waals surface area contributed by atoms with Crippen molar-refractivity contribution in [1.29, 1.82) is 5.41 Å². The van der Waals surface area contributed by atoms with Crippen LogP contribution in [0.3, 0.4) is 0 Å². The summed E-state index contributed by atoms with van der Waals surface area (Å²) in [5.41, 5.74) is 13.8. The van der Waals surface area contributed by atoms with E-state index in [1.165, 1.54) is 20.2 Å². The van der Waals surface area contributed by atoms with E-state index >= 15 is 0 Å². The number of hydrogen-bond donors (Lipinski definition) is 2. The molecule has 0 fully saturated rings. The lowest BCUT2D eigenvalue weighted by Crippen LogP contribution is -2.19. The maximum absolute atomic E-state index is 8.95. The summed E-state index contributed by atoms with van der Waals surface area (Å²) in [6.07, 6.45) is 3.79. The third kappa shape index (κ3) is 6.53. The monoisotopic (exact) mass is 786 g/mol. The Balaban J connectivity index is 1.12. The third-order valence-corrected chi connectivity index (χ3v) is 12.1.